The molecule has 0 atom stereocenters. The average Bonchev–Trinajstić information content (AvgIpc) is 3.34. The first-order valence-corrected chi connectivity index (χ1v) is 11.9. The lowest BCUT2D eigenvalue weighted by atomic mass is 10.1. The molecule has 0 fully saturated rings. The van der Waals surface area contributed by atoms with Crippen molar-refractivity contribution in [2.24, 2.45) is 0 Å². The van der Waals surface area contributed by atoms with E-state index >= 15 is 0 Å². The highest BCUT2D eigenvalue weighted by atomic mass is 19.3. The van der Waals surface area contributed by atoms with Gasteiger partial charge in [0.2, 0.25) is 0 Å². The number of aromatic nitrogens is 3. The van der Waals surface area contributed by atoms with E-state index in [1.54, 1.807) is 6.07 Å². The van der Waals surface area contributed by atoms with Crippen LogP contribution in [0.4, 0.5) is 24.5 Å². The maximum atomic E-state index is 13.9. The van der Waals surface area contributed by atoms with E-state index < -0.39 is 28.8 Å². The van der Waals surface area contributed by atoms with Gasteiger partial charge in [-0.15, -0.1) is 0 Å². The molecule has 2 aromatic heterocycles. The van der Waals surface area contributed by atoms with Crippen LogP contribution in [0.2, 0.25) is 0 Å². The van der Waals surface area contributed by atoms with Crippen LogP contribution in [0.3, 0.4) is 0 Å². The molecular weight excluding hydrogens is 527 g/mol. The summed E-state index contributed by atoms with van der Waals surface area (Å²) in [5.74, 6) is -0.717. The molecule has 0 saturated heterocycles. The molecule has 3 aromatic carbocycles. The Kier molecular flexibility index (Phi) is 6.91. The van der Waals surface area contributed by atoms with Gasteiger partial charge in [0, 0.05) is 17.7 Å². The summed E-state index contributed by atoms with van der Waals surface area (Å²) in [7, 11) is 0. The van der Waals surface area contributed by atoms with Gasteiger partial charge in [0.05, 0.1) is 28.6 Å². The van der Waals surface area contributed by atoms with Gasteiger partial charge in [0.25, 0.3) is 18.0 Å². The Morgan fingerprint density at radius 1 is 1.05 bits per heavy atom. The summed E-state index contributed by atoms with van der Waals surface area (Å²) >= 11 is 0. The van der Waals surface area contributed by atoms with E-state index in [1.807, 2.05) is 26.0 Å². The van der Waals surface area contributed by atoms with Crippen LogP contribution < -0.4 is 10.1 Å². The summed E-state index contributed by atoms with van der Waals surface area (Å²) < 4.78 is 47.9. The van der Waals surface area contributed by atoms with E-state index in [2.05, 4.69) is 15.4 Å². The standard InChI is InChI=1S/C28H20F3N5O4/c1-15-3-4-16(2)25(9-15)40-21-11-19(10-20(12-21)36(38)39)33-28(37)22-14-32-35-24(26(30)31)13-23(34-27(22)35)17-5-7-18(29)8-6-17/h3-14,26H,1-2H3,(H,33,37). The molecule has 40 heavy (non-hydrogen) atoms. The zero-order chi connectivity index (χ0) is 28.6. The number of fused-ring (bicyclic) bond motifs is 1. The van der Waals surface area contributed by atoms with Crippen LogP contribution >= 0.6 is 0 Å². The van der Waals surface area contributed by atoms with Crippen molar-refractivity contribution in [2.45, 2.75) is 20.3 Å². The van der Waals surface area contributed by atoms with Gasteiger partial charge >= 0.3 is 0 Å². The summed E-state index contributed by atoms with van der Waals surface area (Å²) in [6.45, 7) is 3.69. The summed E-state index contributed by atoms with van der Waals surface area (Å²) in [4.78, 5) is 28.5. The fraction of sp³-hybridized carbons (Fsp3) is 0.107. The Morgan fingerprint density at radius 2 is 1.80 bits per heavy atom. The lowest BCUT2D eigenvalue weighted by Gasteiger charge is -2.12. The second-order valence-electron chi connectivity index (χ2n) is 8.97. The van der Waals surface area contributed by atoms with Gasteiger partial charge in [-0.05, 0) is 61.4 Å². The van der Waals surface area contributed by atoms with Crippen molar-refractivity contribution >= 4 is 22.9 Å². The summed E-state index contributed by atoms with van der Waals surface area (Å²) in [5, 5.41) is 18.0. The molecule has 9 nitrogen and oxygen atoms in total. The number of carbonyl (C=O) groups excluding carboxylic acids is 1. The van der Waals surface area contributed by atoms with Crippen molar-refractivity contribution in [1.29, 1.82) is 0 Å². The zero-order valence-corrected chi connectivity index (χ0v) is 21.1. The van der Waals surface area contributed by atoms with Crippen LogP contribution in [0.15, 0.2) is 72.9 Å². The third kappa shape index (κ3) is 5.32. The number of nitro benzene ring substituents is 1. The Hall–Kier alpha value is -5.26. The number of amides is 1. The lowest BCUT2D eigenvalue weighted by Crippen LogP contribution is -2.13. The minimum atomic E-state index is -2.96. The van der Waals surface area contributed by atoms with E-state index in [4.69, 9.17) is 4.74 Å². The summed E-state index contributed by atoms with van der Waals surface area (Å²) in [5.41, 5.74) is 0.985. The number of nitrogens with zero attached hydrogens (tertiary/aromatic N) is 4. The predicted octanol–water partition coefficient (Wildman–Crippen LogP) is 7.04. The van der Waals surface area contributed by atoms with Crippen LogP contribution in [-0.4, -0.2) is 25.4 Å². The molecule has 0 spiro atoms. The van der Waals surface area contributed by atoms with Crippen LogP contribution in [-0.2, 0) is 0 Å². The van der Waals surface area contributed by atoms with E-state index in [-0.39, 0.29) is 34.0 Å². The highest BCUT2D eigenvalue weighted by Crippen LogP contribution is 2.32. The summed E-state index contributed by atoms with van der Waals surface area (Å²) in [6.07, 6.45) is -1.88. The minimum Gasteiger partial charge on any atom is -0.457 e. The maximum Gasteiger partial charge on any atom is 0.280 e. The molecule has 0 aliphatic carbocycles. The van der Waals surface area contributed by atoms with Gasteiger partial charge < -0.3 is 10.1 Å². The van der Waals surface area contributed by atoms with Crippen LogP contribution in [0.5, 0.6) is 11.5 Å². The van der Waals surface area contributed by atoms with Gasteiger partial charge in [-0.3, -0.25) is 14.9 Å². The number of benzene rings is 3. The number of aryl methyl sites for hydroxylation is 2. The number of non-ortho nitro benzene ring substituents is 1. The SMILES string of the molecule is Cc1ccc(C)c(Oc2cc(NC(=O)c3cnn4c(C(F)F)cc(-c5ccc(F)cc5)nc34)cc([N+](=O)[O-])c2)c1. The highest BCUT2D eigenvalue weighted by Gasteiger charge is 2.23. The molecule has 5 aromatic rings. The highest BCUT2D eigenvalue weighted by molar-refractivity contribution is 6.08. The number of hydrogen-bond acceptors (Lipinski definition) is 6. The molecule has 0 bridgehead atoms. The molecular formula is C28H20F3N5O4. The molecule has 12 heteroatoms. The fourth-order valence-electron chi connectivity index (χ4n) is 4.03. The molecule has 5 rings (SSSR count). The van der Waals surface area contributed by atoms with Crippen molar-refractivity contribution < 1.29 is 27.6 Å². The zero-order valence-electron chi connectivity index (χ0n) is 21.1. The molecule has 0 aliphatic rings. The second-order valence-corrected chi connectivity index (χ2v) is 8.97. The first-order valence-electron chi connectivity index (χ1n) is 11.9. The van der Waals surface area contributed by atoms with Crippen LogP contribution in [0.25, 0.3) is 16.9 Å². The minimum absolute atomic E-state index is 0.0302. The largest absolute Gasteiger partial charge is 0.457 e. The lowest BCUT2D eigenvalue weighted by molar-refractivity contribution is -0.384. The molecule has 202 valence electrons. The number of rotatable bonds is 7. The Bertz CT molecular complexity index is 1770. The van der Waals surface area contributed by atoms with Gasteiger partial charge in [0.15, 0.2) is 5.65 Å². The number of ether oxygens (including phenoxy) is 1. The van der Waals surface area contributed by atoms with Crippen LogP contribution in [0.1, 0.15) is 33.6 Å². The van der Waals surface area contributed by atoms with Gasteiger partial charge in [-0.2, -0.15) is 5.10 Å². The topological polar surface area (TPSA) is 112 Å². The normalized spacial score (nSPS) is 11.2. The molecule has 2 heterocycles. The van der Waals surface area contributed by atoms with Crippen molar-refractivity contribution in [2.75, 3.05) is 5.32 Å². The Morgan fingerprint density at radius 3 is 2.50 bits per heavy atom. The van der Waals surface area contributed by atoms with Gasteiger partial charge in [-0.1, -0.05) is 12.1 Å². The Balaban J connectivity index is 1.52. The number of nitrogens with one attached hydrogen (secondary N) is 1. The fourth-order valence-corrected chi connectivity index (χ4v) is 4.03. The number of carbonyl (C=O) groups is 1. The van der Waals surface area contributed by atoms with Gasteiger partial charge in [-0.25, -0.2) is 22.7 Å². The Labute approximate surface area is 225 Å². The number of nitro groups is 1. The number of hydrogen-bond donors (Lipinski definition) is 1. The van der Waals surface area contributed by atoms with E-state index in [0.717, 1.165) is 46.1 Å². The quantitative estimate of drug-likeness (QED) is 0.173. The summed E-state index contributed by atoms with van der Waals surface area (Å²) in [6, 6.07) is 15.5. The van der Waals surface area contributed by atoms with Crippen molar-refractivity contribution in [1.82, 2.24) is 14.6 Å². The average molecular weight is 547 g/mol. The third-order valence-electron chi connectivity index (χ3n) is 6.04. The monoisotopic (exact) mass is 547 g/mol. The van der Waals surface area contributed by atoms with Gasteiger partial charge in [0.1, 0.15) is 28.6 Å². The van der Waals surface area contributed by atoms with Crippen molar-refractivity contribution in [3.8, 4) is 22.8 Å². The van der Waals surface area contributed by atoms with E-state index in [0.29, 0.717) is 11.3 Å². The first-order chi connectivity index (χ1) is 19.1. The number of halogens is 3. The van der Waals surface area contributed by atoms with Crippen molar-refractivity contribution in [3.63, 3.8) is 0 Å². The molecule has 0 radical (unpaired) electrons. The molecule has 0 aliphatic heterocycles. The predicted molar refractivity (Wildman–Crippen MR) is 140 cm³/mol. The van der Waals surface area contributed by atoms with E-state index in [1.165, 1.54) is 24.3 Å². The molecule has 0 saturated carbocycles. The van der Waals surface area contributed by atoms with E-state index in [9.17, 15) is 28.1 Å². The number of anilines is 1. The first kappa shape index (κ1) is 26.4. The third-order valence-corrected chi connectivity index (χ3v) is 6.04. The molecule has 1 N–H and O–H groups in total. The van der Waals surface area contributed by atoms with Crippen LogP contribution in [0, 0.1) is 29.8 Å². The smallest absolute Gasteiger partial charge is 0.280 e. The second kappa shape index (κ2) is 10.5. The number of alkyl halides is 2. The molecule has 0 unspecified atom stereocenters. The molecule has 1 amide bonds. The maximum absolute atomic E-state index is 13.9. The van der Waals surface area contributed by atoms with Crippen molar-refractivity contribution in [3.05, 3.63) is 111 Å².